The van der Waals surface area contributed by atoms with Gasteiger partial charge in [-0.25, -0.2) is 0 Å². The molecule has 0 aliphatic heterocycles. The highest BCUT2D eigenvalue weighted by atomic mass is 35.5. The lowest BCUT2D eigenvalue weighted by Gasteiger charge is -2.03. The van der Waals surface area contributed by atoms with E-state index in [2.05, 4.69) is 10.0 Å². The topological polar surface area (TPSA) is 74.8 Å². The molecular formula is C10H10Cl2N4. The minimum Gasteiger partial charge on any atom is -0.397 e. The minimum atomic E-state index is 0.418. The van der Waals surface area contributed by atoms with E-state index in [0.29, 0.717) is 28.7 Å². The highest BCUT2D eigenvalue weighted by molar-refractivity contribution is 6.36. The monoisotopic (exact) mass is 256 g/mol. The Morgan fingerprint density at radius 3 is 2.88 bits per heavy atom. The van der Waals surface area contributed by atoms with Crippen LogP contribution in [0.3, 0.4) is 0 Å². The molecule has 1 aromatic carbocycles. The summed E-state index contributed by atoms with van der Waals surface area (Å²) in [6.45, 7) is 0.418. The van der Waals surface area contributed by atoms with Crippen LogP contribution in [-0.4, -0.2) is 6.54 Å². The summed E-state index contributed by atoms with van der Waals surface area (Å²) in [7, 11) is 0. The van der Waals surface area contributed by atoms with E-state index in [9.17, 15) is 0 Å². The molecule has 6 heteroatoms. The number of halogens is 2. The van der Waals surface area contributed by atoms with Gasteiger partial charge in [-0.3, -0.25) is 0 Å². The molecule has 0 unspecified atom stereocenters. The van der Waals surface area contributed by atoms with E-state index in [1.165, 1.54) is 0 Å². The maximum absolute atomic E-state index is 8.08. The van der Waals surface area contributed by atoms with Crippen LogP contribution in [0.2, 0.25) is 10.0 Å². The van der Waals surface area contributed by atoms with E-state index in [0.717, 1.165) is 5.56 Å². The minimum absolute atomic E-state index is 0.418. The molecule has 0 spiro atoms. The highest BCUT2D eigenvalue weighted by Crippen LogP contribution is 2.28. The zero-order valence-electron chi connectivity index (χ0n) is 8.40. The Morgan fingerprint density at radius 1 is 1.44 bits per heavy atom. The van der Waals surface area contributed by atoms with E-state index >= 15 is 0 Å². The summed E-state index contributed by atoms with van der Waals surface area (Å²) in [5.41, 5.74) is 15.1. The van der Waals surface area contributed by atoms with Crippen LogP contribution in [-0.2, 0) is 0 Å². The van der Waals surface area contributed by atoms with Crippen molar-refractivity contribution in [3.8, 4) is 0 Å². The zero-order chi connectivity index (χ0) is 12.0. The van der Waals surface area contributed by atoms with Crippen LogP contribution in [0.25, 0.3) is 16.5 Å². The third kappa shape index (κ3) is 3.66. The van der Waals surface area contributed by atoms with Gasteiger partial charge in [-0.05, 0) is 24.1 Å². The second-order valence-corrected chi connectivity index (χ2v) is 3.88. The molecule has 0 atom stereocenters. The average molecular weight is 257 g/mol. The molecule has 0 amide bonds. The first-order chi connectivity index (χ1) is 7.65. The van der Waals surface area contributed by atoms with Crippen molar-refractivity contribution in [2.75, 3.05) is 12.3 Å². The van der Waals surface area contributed by atoms with Crippen LogP contribution in [0.4, 0.5) is 5.69 Å². The average Bonchev–Trinajstić information content (AvgIpc) is 2.24. The SMILES string of the molecule is [N-]=[N+]=NCCC=Cc1cc(Cl)cc(Cl)c1N. The van der Waals surface area contributed by atoms with E-state index in [4.69, 9.17) is 34.5 Å². The van der Waals surface area contributed by atoms with E-state index in [-0.39, 0.29) is 0 Å². The molecule has 1 rings (SSSR count). The number of hydrogen-bond acceptors (Lipinski definition) is 2. The van der Waals surface area contributed by atoms with Gasteiger partial charge in [-0.2, -0.15) is 0 Å². The molecule has 0 aliphatic rings. The lowest BCUT2D eigenvalue weighted by atomic mass is 10.1. The van der Waals surface area contributed by atoms with Crippen LogP contribution in [0.1, 0.15) is 12.0 Å². The van der Waals surface area contributed by atoms with Crippen molar-refractivity contribution in [2.45, 2.75) is 6.42 Å². The van der Waals surface area contributed by atoms with Gasteiger partial charge >= 0.3 is 0 Å². The molecule has 0 saturated heterocycles. The quantitative estimate of drug-likeness (QED) is 0.282. The lowest BCUT2D eigenvalue weighted by molar-refractivity contribution is 0.996. The molecule has 84 valence electrons. The fourth-order valence-electron chi connectivity index (χ4n) is 1.13. The molecule has 2 N–H and O–H groups in total. The van der Waals surface area contributed by atoms with Crippen molar-refractivity contribution in [2.24, 2.45) is 5.11 Å². The standard InChI is InChI=1S/C10H10Cl2N4/c11-8-5-7(10(13)9(12)6-8)3-1-2-4-15-16-14/h1,3,5-6H,2,4,13H2. The molecular weight excluding hydrogens is 247 g/mol. The van der Waals surface area contributed by atoms with Crippen LogP contribution >= 0.6 is 23.2 Å². The Labute approximate surface area is 103 Å². The molecule has 4 nitrogen and oxygen atoms in total. The Bertz CT molecular complexity index is 450. The summed E-state index contributed by atoms with van der Waals surface area (Å²) in [5, 5.41) is 4.38. The van der Waals surface area contributed by atoms with Gasteiger partial charge in [0.25, 0.3) is 0 Å². The molecule has 0 saturated carbocycles. The Kier molecular flexibility index (Phi) is 4.99. The number of nitrogen functional groups attached to an aromatic ring is 1. The molecule has 16 heavy (non-hydrogen) atoms. The Balaban J connectivity index is 2.76. The molecule has 0 fully saturated rings. The van der Waals surface area contributed by atoms with Gasteiger partial charge in [0.1, 0.15) is 0 Å². The van der Waals surface area contributed by atoms with Crippen molar-refractivity contribution in [3.05, 3.63) is 44.3 Å². The Hall–Kier alpha value is -1.35. The van der Waals surface area contributed by atoms with Crippen LogP contribution in [0.15, 0.2) is 23.3 Å². The van der Waals surface area contributed by atoms with Gasteiger partial charge in [-0.15, -0.1) is 0 Å². The van der Waals surface area contributed by atoms with Crippen molar-refractivity contribution < 1.29 is 0 Å². The van der Waals surface area contributed by atoms with Crippen molar-refractivity contribution in [1.82, 2.24) is 0 Å². The maximum atomic E-state index is 8.08. The molecule has 0 bridgehead atoms. The van der Waals surface area contributed by atoms with Gasteiger partial charge < -0.3 is 5.73 Å². The van der Waals surface area contributed by atoms with Gasteiger partial charge in [0.2, 0.25) is 0 Å². The predicted octanol–water partition coefficient (Wildman–Crippen LogP) is 4.29. The van der Waals surface area contributed by atoms with E-state index < -0.39 is 0 Å². The fraction of sp³-hybridized carbons (Fsp3) is 0.200. The molecule has 0 heterocycles. The smallest absolute Gasteiger partial charge is 0.0656 e. The summed E-state index contributed by atoms with van der Waals surface area (Å²) in [6, 6.07) is 3.32. The summed E-state index contributed by atoms with van der Waals surface area (Å²) < 4.78 is 0. The van der Waals surface area contributed by atoms with Crippen LogP contribution < -0.4 is 5.73 Å². The number of nitrogens with two attached hydrogens (primary N) is 1. The second kappa shape index (κ2) is 6.28. The predicted molar refractivity (Wildman–Crippen MR) is 68.5 cm³/mol. The number of hydrogen-bond donors (Lipinski definition) is 1. The first kappa shape index (κ1) is 12.7. The van der Waals surface area contributed by atoms with Crippen molar-refractivity contribution in [3.63, 3.8) is 0 Å². The largest absolute Gasteiger partial charge is 0.397 e. The first-order valence-corrected chi connectivity index (χ1v) is 5.32. The lowest BCUT2D eigenvalue weighted by Crippen LogP contribution is -1.90. The summed E-state index contributed by atoms with van der Waals surface area (Å²) in [6.07, 6.45) is 4.31. The Morgan fingerprint density at radius 2 is 2.19 bits per heavy atom. The number of nitrogens with zero attached hydrogens (tertiary/aromatic N) is 3. The van der Waals surface area contributed by atoms with E-state index in [1.807, 2.05) is 6.08 Å². The van der Waals surface area contributed by atoms with Gasteiger partial charge in [0.15, 0.2) is 0 Å². The van der Waals surface area contributed by atoms with Crippen LogP contribution in [0, 0.1) is 0 Å². The van der Waals surface area contributed by atoms with Crippen molar-refractivity contribution >= 4 is 35.0 Å². The summed E-state index contributed by atoms with van der Waals surface area (Å²) in [5.74, 6) is 0. The highest BCUT2D eigenvalue weighted by Gasteiger charge is 2.02. The van der Waals surface area contributed by atoms with E-state index in [1.54, 1.807) is 18.2 Å². The third-order valence-electron chi connectivity index (χ3n) is 1.88. The van der Waals surface area contributed by atoms with Gasteiger partial charge in [-0.1, -0.05) is 40.5 Å². The summed E-state index contributed by atoms with van der Waals surface area (Å²) in [4.78, 5) is 2.65. The zero-order valence-corrected chi connectivity index (χ0v) is 9.91. The number of azide groups is 1. The van der Waals surface area contributed by atoms with Gasteiger partial charge in [0.05, 0.1) is 10.7 Å². The normalized spacial score (nSPS) is 10.4. The fourth-order valence-corrected chi connectivity index (χ4v) is 1.64. The molecule has 0 aliphatic carbocycles. The molecule has 0 aromatic heterocycles. The number of anilines is 1. The van der Waals surface area contributed by atoms with Crippen LogP contribution in [0.5, 0.6) is 0 Å². The van der Waals surface area contributed by atoms with Gasteiger partial charge in [0, 0.05) is 22.0 Å². The molecule has 1 aromatic rings. The number of rotatable bonds is 4. The maximum Gasteiger partial charge on any atom is 0.0656 e. The third-order valence-corrected chi connectivity index (χ3v) is 2.41. The molecule has 0 radical (unpaired) electrons. The van der Waals surface area contributed by atoms with Crippen molar-refractivity contribution in [1.29, 1.82) is 0 Å². The second-order valence-electron chi connectivity index (χ2n) is 3.04. The first-order valence-electron chi connectivity index (χ1n) is 4.57. The number of benzene rings is 1. The summed E-state index contributed by atoms with van der Waals surface area (Å²) >= 11 is 11.7.